The molecule has 1 aromatic rings. The van der Waals surface area contributed by atoms with Crippen LogP contribution in [-0.4, -0.2) is 40.3 Å². The zero-order valence-corrected chi connectivity index (χ0v) is 10.6. The molecule has 1 aromatic carbocycles. The number of aryl methyl sites for hydroxylation is 1. The highest BCUT2D eigenvalue weighted by Crippen LogP contribution is 2.16. The van der Waals surface area contributed by atoms with Crippen molar-refractivity contribution < 1.29 is 19.5 Å². The Morgan fingerprint density at radius 2 is 2.16 bits per heavy atom. The average molecular weight is 261 g/mol. The monoisotopic (exact) mass is 261 g/mol. The molecule has 1 N–H and O–H groups in total. The molecular formula is C14H15NO4. The van der Waals surface area contributed by atoms with E-state index in [1.807, 2.05) is 31.2 Å². The van der Waals surface area contributed by atoms with Gasteiger partial charge in [0.1, 0.15) is 6.04 Å². The van der Waals surface area contributed by atoms with E-state index in [9.17, 15) is 19.5 Å². The molecule has 1 heterocycles. The Labute approximate surface area is 110 Å². The Morgan fingerprint density at radius 3 is 2.68 bits per heavy atom. The number of carbonyl (C=O) groups excluding carboxylic acids is 2. The Hall–Kier alpha value is -2.17. The third-order valence-corrected chi connectivity index (χ3v) is 3.19. The Balaban J connectivity index is 2.19. The second kappa shape index (κ2) is 5.22. The largest absolute Gasteiger partial charge is 0.480 e. The fourth-order valence-electron chi connectivity index (χ4n) is 2.28. The quantitative estimate of drug-likeness (QED) is 0.813. The van der Waals surface area contributed by atoms with Crippen molar-refractivity contribution in [2.75, 3.05) is 6.54 Å². The molecule has 100 valence electrons. The zero-order chi connectivity index (χ0) is 14.0. The molecule has 0 radical (unpaired) electrons. The standard InChI is InChI=1S/C14H15NO4/c1-9-3-2-4-10(5-9)6-12(14(18)19)15-8-11(16)7-13(15)17/h2-5,12H,6-8H2,1H3,(H,18,19)/t12-/m0/s1. The van der Waals surface area contributed by atoms with Gasteiger partial charge in [0.25, 0.3) is 0 Å². The molecule has 1 aliphatic rings. The third-order valence-electron chi connectivity index (χ3n) is 3.19. The van der Waals surface area contributed by atoms with Gasteiger partial charge in [-0.25, -0.2) is 4.79 Å². The van der Waals surface area contributed by atoms with Crippen LogP contribution in [0.4, 0.5) is 0 Å². The lowest BCUT2D eigenvalue weighted by molar-refractivity contribution is -0.148. The molecule has 0 bridgehead atoms. The summed E-state index contributed by atoms with van der Waals surface area (Å²) in [4.78, 5) is 35.4. The summed E-state index contributed by atoms with van der Waals surface area (Å²) in [6.07, 6.45) is 0.0353. The first-order valence-electron chi connectivity index (χ1n) is 6.07. The van der Waals surface area contributed by atoms with Gasteiger partial charge in [0.05, 0.1) is 13.0 Å². The van der Waals surface area contributed by atoms with Crippen molar-refractivity contribution in [3.63, 3.8) is 0 Å². The van der Waals surface area contributed by atoms with Crippen LogP contribution in [0.3, 0.4) is 0 Å². The van der Waals surface area contributed by atoms with E-state index in [1.54, 1.807) is 0 Å². The lowest BCUT2D eigenvalue weighted by Gasteiger charge is -2.23. The average Bonchev–Trinajstić information content (AvgIpc) is 2.65. The zero-order valence-electron chi connectivity index (χ0n) is 10.6. The number of carboxylic acid groups (broad SMARTS) is 1. The summed E-state index contributed by atoms with van der Waals surface area (Å²) in [5.41, 5.74) is 1.88. The molecular weight excluding hydrogens is 246 g/mol. The number of carbonyl (C=O) groups is 3. The summed E-state index contributed by atoms with van der Waals surface area (Å²) < 4.78 is 0. The highest BCUT2D eigenvalue weighted by molar-refractivity contribution is 6.06. The van der Waals surface area contributed by atoms with Gasteiger partial charge in [0.2, 0.25) is 5.91 Å². The maximum Gasteiger partial charge on any atom is 0.326 e. The van der Waals surface area contributed by atoms with E-state index in [2.05, 4.69) is 0 Å². The number of benzene rings is 1. The number of nitrogens with zero attached hydrogens (tertiary/aromatic N) is 1. The number of likely N-dealkylation sites (tertiary alicyclic amines) is 1. The maximum atomic E-state index is 11.6. The number of ketones is 1. The number of rotatable bonds is 4. The van der Waals surface area contributed by atoms with Crippen LogP contribution in [0.25, 0.3) is 0 Å². The van der Waals surface area contributed by atoms with E-state index < -0.39 is 17.9 Å². The summed E-state index contributed by atoms with van der Waals surface area (Å²) >= 11 is 0. The van der Waals surface area contributed by atoms with Gasteiger partial charge >= 0.3 is 5.97 Å². The van der Waals surface area contributed by atoms with Crippen LogP contribution in [0.5, 0.6) is 0 Å². The van der Waals surface area contributed by atoms with Gasteiger partial charge < -0.3 is 10.0 Å². The fraction of sp³-hybridized carbons (Fsp3) is 0.357. The first-order chi connectivity index (χ1) is 8.97. The minimum Gasteiger partial charge on any atom is -0.480 e. The number of hydrogen-bond donors (Lipinski definition) is 1. The molecule has 1 saturated heterocycles. The Kier molecular flexibility index (Phi) is 3.64. The van der Waals surface area contributed by atoms with Crippen LogP contribution in [0.1, 0.15) is 17.5 Å². The lowest BCUT2D eigenvalue weighted by Crippen LogP contribution is -2.43. The van der Waals surface area contributed by atoms with E-state index >= 15 is 0 Å². The van der Waals surface area contributed by atoms with Gasteiger partial charge in [-0.2, -0.15) is 0 Å². The normalized spacial score (nSPS) is 16.8. The van der Waals surface area contributed by atoms with Gasteiger partial charge in [0.15, 0.2) is 5.78 Å². The van der Waals surface area contributed by atoms with E-state index in [-0.39, 0.29) is 25.2 Å². The highest BCUT2D eigenvalue weighted by Gasteiger charge is 2.36. The molecule has 5 heteroatoms. The van der Waals surface area contributed by atoms with Crippen LogP contribution in [-0.2, 0) is 20.8 Å². The molecule has 5 nitrogen and oxygen atoms in total. The van der Waals surface area contributed by atoms with Crippen molar-refractivity contribution in [2.24, 2.45) is 0 Å². The molecule has 19 heavy (non-hydrogen) atoms. The van der Waals surface area contributed by atoms with Crippen LogP contribution in [0.2, 0.25) is 0 Å². The second-order valence-electron chi connectivity index (χ2n) is 4.78. The van der Waals surface area contributed by atoms with E-state index in [4.69, 9.17) is 0 Å². The van der Waals surface area contributed by atoms with E-state index in [0.29, 0.717) is 0 Å². The summed E-state index contributed by atoms with van der Waals surface area (Å²) in [7, 11) is 0. The molecule has 0 aliphatic carbocycles. The third kappa shape index (κ3) is 2.99. The second-order valence-corrected chi connectivity index (χ2v) is 4.78. The first-order valence-corrected chi connectivity index (χ1v) is 6.07. The van der Waals surface area contributed by atoms with Gasteiger partial charge in [-0.15, -0.1) is 0 Å². The molecule has 0 aromatic heterocycles. The van der Waals surface area contributed by atoms with Gasteiger partial charge in [-0.1, -0.05) is 29.8 Å². The smallest absolute Gasteiger partial charge is 0.326 e. The molecule has 0 spiro atoms. The molecule has 2 rings (SSSR count). The Morgan fingerprint density at radius 1 is 1.42 bits per heavy atom. The van der Waals surface area contributed by atoms with Gasteiger partial charge in [-0.3, -0.25) is 9.59 Å². The van der Waals surface area contributed by atoms with Gasteiger partial charge in [-0.05, 0) is 12.5 Å². The first kappa shape index (κ1) is 13.3. The van der Waals surface area contributed by atoms with Crippen molar-refractivity contribution in [1.29, 1.82) is 0 Å². The molecule has 1 fully saturated rings. The van der Waals surface area contributed by atoms with Crippen molar-refractivity contribution in [2.45, 2.75) is 25.8 Å². The fourth-order valence-corrected chi connectivity index (χ4v) is 2.28. The summed E-state index contributed by atoms with van der Waals surface area (Å²) in [5.74, 6) is -1.70. The van der Waals surface area contributed by atoms with E-state index in [1.165, 1.54) is 0 Å². The van der Waals surface area contributed by atoms with Crippen molar-refractivity contribution in [1.82, 2.24) is 4.90 Å². The minimum absolute atomic E-state index is 0.0956. The molecule has 1 atom stereocenters. The maximum absolute atomic E-state index is 11.6. The predicted molar refractivity (Wildman–Crippen MR) is 67.6 cm³/mol. The van der Waals surface area contributed by atoms with Crippen molar-refractivity contribution in [3.8, 4) is 0 Å². The highest BCUT2D eigenvalue weighted by atomic mass is 16.4. The summed E-state index contributed by atoms with van der Waals surface area (Å²) in [6, 6.07) is 6.51. The van der Waals surface area contributed by atoms with Crippen LogP contribution in [0, 0.1) is 6.92 Å². The number of aliphatic carboxylic acids is 1. The molecule has 0 unspecified atom stereocenters. The number of carboxylic acids is 1. The molecule has 1 aliphatic heterocycles. The van der Waals surface area contributed by atoms with Gasteiger partial charge in [0, 0.05) is 6.42 Å². The number of Topliss-reactive ketones (excluding diaryl/α,β-unsaturated/α-hetero) is 1. The van der Waals surface area contributed by atoms with Crippen molar-refractivity contribution in [3.05, 3.63) is 35.4 Å². The number of hydrogen-bond acceptors (Lipinski definition) is 3. The molecule has 0 saturated carbocycles. The Bertz CT molecular complexity index is 538. The van der Waals surface area contributed by atoms with Crippen LogP contribution < -0.4 is 0 Å². The minimum atomic E-state index is -1.08. The van der Waals surface area contributed by atoms with Crippen LogP contribution in [0.15, 0.2) is 24.3 Å². The SMILES string of the molecule is Cc1cccc(C[C@@H](C(=O)O)N2CC(=O)CC2=O)c1. The summed E-state index contributed by atoms with van der Waals surface area (Å²) in [6.45, 7) is 1.82. The topological polar surface area (TPSA) is 74.7 Å². The summed E-state index contributed by atoms with van der Waals surface area (Å²) in [5, 5.41) is 9.26. The molecule has 1 amide bonds. The number of amides is 1. The predicted octanol–water partition coefficient (Wildman–Crippen LogP) is 0.792. The van der Waals surface area contributed by atoms with Crippen LogP contribution >= 0.6 is 0 Å². The van der Waals surface area contributed by atoms with E-state index in [0.717, 1.165) is 16.0 Å². The van der Waals surface area contributed by atoms with Crippen molar-refractivity contribution >= 4 is 17.7 Å². The lowest BCUT2D eigenvalue weighted by atomic mass is 10.0.